The normalized spacial score (nSPS) is 11.0. The number of fused-ring (bicyclic) bond motifs is 1. The maximum Gasteiger partial charge on any atom is 0.214 e. The molecule has 0 spiro atoms. The Morgan fingerprint density at radius 3 is 3.00 bits per heavy atom. The van der Waals surface area contributed by atoms with Crippen molar-refractivity contribution in [2.75, 3.05) is 5.84 Å². The van der Waals surface area contributed by atoms with Gasteiger partial charge in [-0.2, -0.15) is 5.10 Å². The molecule has 96 valence electrons. The van der Waals surface area contributed by atoms with Gasteiger partial charge in [0.2, 0.25) is 4.77 Å². The summed E-state index contributed by atoms with van der Waals surface area (Å²) in [5.41, 5.74) is 1.12. The second kappa shape index (κ2) is 4.43. The van der Waals surface area contributed by atoms with Crippen LogP contribution in [0.3, 0.4) is 0 Å². The van der Waals surface area contributed by atoms with Crippen LogP contribution in [0.2, 0.25) is 0 Å². The van der Waals surface area contributed by atoms with Crippen LogP contribution in [-0.4, -0.2) is 19.9 Å². The summed E-state index contributed by atoms with van der Waals surface area (Å²) in [5, 5.41) is 7.41. The number of nitrogens with two attached hydrogens (primary N) is 1. The summed E-state index contributed by atoms with van der Waals surface area (Å²) >= 11 is 4.92. The van der Waals surface area contributed by atoms with E-state index in [4.69, 9.17) is 18.1 Å². The van der Waals surface area contributed by atoms with Crippen LogP contribution in [0.15, 0.2) is 30.5 Å². The second-order valence-electron chi connectivity index (χ2n) is 4.13. The Morgan fingerprint density at radius 2 is 2.26 bits per heavy atom. The number of benzene rings is 1. The quantitative estimate of drug-likeness (QED) is 0.553. The van der Waals surface area contributed by atoms with Gasteiger partial charge in [-0.15, -0.1) is 0 Å². The maximum absolute atomic E-state index is 14.0. The SMILES string of the molecule is Nn1c(Cc2cc3cccnc3cc2F)n[nH]c1=S. The van der Waals surface area contributed by atoms with E-state index in [1.807, 2.05) is 12.1 Å². The molecule has 0 amide bonds. The lowest BCUT2D eigenvalue weighted by Crippen LogP contribution is -2.13. The zero-order chi connectivity index (χ0) is 13.4. The van der Waals surface area contributed by atoms with Gasteiger partial charge in [0.1, 0.15) is 5.82 Å². The second-order valence-corrected chi connectivity index (χ2v) is 4.52. The van der Waals surface area contributed by atoms with Gasteiger partial charge in [0, 0.05) is 24.1 Å². The van der Waals surface area contributed by atoms with Crippen LogP contribution in [0.25, 0.3) is 10.9 Å². The molecule has 0 unspecified atom stereocenters. The summed E-state index contributed by atoms with van der Waals surface area (Å²) < 4.78 is 15.5. The van der Waals surface area contributed by atoms with Gasteiger partial charge in [-0.25, -0.2) is 9.07 Å². The molecule has 3 N–H and O–H groups in total. The van der Waals surface area contributed by atoms with Crippen LogP contribution >= 0.6 is 12.2 Å². The molecule has 3 aromatic rings. The molecule has 0 aliphatic rings. The van der Waals surface area contributed by atoms with E-state index in [0.717, 1.165) is 5.39 Å². The summed E-state index contributed by atoms with van der Waals surface area (Å²) in [6.45, 7) is 0. The van der Waals surface area contributed by atoms with E-state index in [1.165, 1.54) is 10.7 Å². The molecular weight excluding hydrogens is 265 g/mol. The molecule has 0 aliphatic heterocycles. The van der Waals surface area contributed by atoms with Gasteiger partial charge in [0.25, 0.3) is 0 Å². The standard InChI is InChI=1S/C12H10FN5S/c13-9-6-10-7(2-1-3-15-10)4-8(9)5-11-16-17-12(19)18(11)14/h1-4,6H,5,14H2,(H,17,19). The van der Waals surface area contributed by atoms with Crippen LogP contribution < -0.4 is 5.84 Å². The third-order valence-corrected chi connectivity index (χ3v) is 3.19. The molecule has 1 aromatic carbocycles. The molecule has 0 fully saturated rings. The van der Waals surface area contributed by atoms with Gasteiger partial charge in [-0.05, 0) is 29.9 Å². The first-order valence-corrected chi connectivity index (χ1v) is 6.00. The minimum Gasteiger partial charge on any atom is -0.335 e. The molecule has 0 bridgehead atoms. The molecule has 0 atom stereocenters. The smallest absolute Gasteiger partial charge is 0.214 e. The maximum atomic E-state index is 14.0. The Morgan fingerprint density at radius 1 is 1.42 bits per heavy atom. The van der Waals surface area contributed by atoms with Crippen molar-refractivity contribution >= 4 is 23.1 Å². The topological polar surface area (TPSA) is 72.5 Å². The lowest BCUT2D eigenvalue weighted by atomic mass is 10.1. The number of aromatic nitrogens is 4. The molecule has 3 rings (SSSR count). The monoisotopic (exact) mass is 275 g/mol. The van der Waals surface area contributed by atoms with Crippen molar-refractivity contribution in [3.63, 3.8) is 0 Å². The fourth-order valence-electron chi connectivity index (χ4n) is 1.91. The third-order valence-electron chi connectivity index (χ3n) is 2.90. The summed E-state index contributed by atoms with van der Waals surface area (Å²) in [6, 6.07) is 6.84. The number of halogens is 1. The number of hydrogen-bond acceptors (Lipinski definition) is 4. The zero-order valence-corrected chi connectivity index (χ0v) is 10.6. The number of nitrogen functional groups attached to an aromatic ring is 1. The van der Waals surface area contributed by atoms with Crippen molar-refractivity contribution in [3.05, 3.63) is 52.4 Å². The van der Waals surface area contributed by atoms with Crippen molar-refractivity contribution < 1.29 is 4.39 Å². The minimum absolute atomic E-state index is 0.264. The summed E-state index contributed by atoms with van der Waals surface area (Å²) in [5.74, 6) is 5.84. The Hall–Kier alpha value is -2.28. The average Bonchev–Trinajstić information content (AvgIpc) is 2.71. The predicted octanol–water partition coefficient (Wildman–Crippen LogP) is 1.93. The first kappa shape index (κ1) is 11.8. The molecule has 0 aliphatic carbocycles. The minimum atomic E-state index is -0.333. The van der Waals surface area contributed by atoms with E-state index >= 15 is 0 Å². The lowest BCUT2D eigenvalue weighted by molar-refractivity contribution is 0.612. The van der Waals surface area contributed by atoms with Crippen molar-refractivity contribution in [3.8, 4) is 0 Å². The van der Waals surface area contributed by atoms with Gasteiger partial charge >= 0.3 is 0 Å². The van der Waals surface area contributed by atoms with E-state index < -0.39 is 0 Å². The number of H-pyrrole nitrogens is 1. The number of nitrogens with one attached hydrogen (secondary N) is 1. The molecule has 5 nitrogen and oxygen atoms in total. The van der Waals surface area contributed by atoms with Crippen LogP contribution in [-0.2, 0) is 6.42 Å². The van der Waals surface area contributed by atoms with E-state index in [2.05, 4.69) is 15.2 Å². The molecule has 19 heavy (non-hydrogen) atoms. The molecule has 0 saturated heterocycles. The fraction of sp³-hybridized carbons (Fsp3) is 0.0833. The molecule has 7 heteroatoms. The molecular formula is C12H10FN5S. The van der Waals surface area contributed by atoms with E-state index in [0.29, 0.717) is 21.7 Å². The number of pyridine rings is 1. The summed E-state index contributed by atoms with van der Waals surface area (Å²) in [4.78, 5) is 4.10. The van der Waals surface area contributed by atoms with Crippen LogP contribution in [0.1, 0.15) is 11.4 Å². The first-order valence-electron chi connectivity index (χ1n) is 5.59. The largest absolute Gasteiger partial charge is 0.335 e. The Kier molecular flexibility index (Phi) is 2.75. The van der Waals surface area contributed by atoms with Crippen LogP contribution in [0, 0.1) is 10.6 Å². The van der Waals surface area contributed by atoms with Crippen LogP contribution in [0.5, 0.6) is 0 Å². The Balaban J connectivity index is 2.07. The van der Waals surface area contributed by atoms with Gasteiger partial charge < -0.3 is 5.84 Å². The summed E-state index contributed by atoms with van der Waals surface area (Å²) in [6.07, 6.45) is 1.90. The van der Waals surface area contributed by atoms with Crippen molar-refractivity contribution in [2.24, 2.45) is 0 Å². The Labute approximate surface area is 112 Å². The summed E-state index contributed by atoms with van der Waals surface area (Å²) in [7, 11) is 0. The highest BCUT2D eigenvalue weighted by atomic mass is 32.1. The van der Waals surface area contributed by atoms with Gasteiger partial charge in [-0.1, -0.05) is 6.07 Å². The first-order chi connectivity index (χ1) is 9.15. The van der Waals surface area contributed by atoms with Gasteiger partial charge in [-0.3, -0.25) is 10.1 Å². The van der Waals surface area contributed by atoms with Crippen LogP contribution in [0.4, 0.5) is 4.39 Å². The van der Waals surface area contributed by atoms with E-state index in [9.17, 15) is 4.39 Å². The van der Waals surface area contributed by atoms with E-state index in [-0.39, 0.29) is 12.2 Å². The molecule has 0 saturated carbocycles. The van der Waals surface area contributed by atoms with Crippen molar-refractivity contribution in [1.29, 1.82) is 0 Å². The van der Waals surface area contributed by atoms with Crippen molar-refractivity contribution in [2.45, 2.75) is 6.42 Å². The number of rotatable bonds is 2. The average molecular weight is 275 g/mol. The number of nitrogens with zero attached hydrogens (tertiary/aromatic N) is 3. The van der Waals surface area contributed by atoms with Gasteiger partial charge in [0.15, 0.2) is 5.82 Å². The van der Waals surface area contributed by atoms with Gasteiger partial charge in [0.05, 0.1) is 5.52 Å². The highest BCUT2D eigenvalue weighted by Crippen LogP contribution is 2.19. The lowest BCUT2D eigenvalue weighted by Gasteiger charge is -2.05. The fourth-order valence-corrected chi connectivity index (χ4v) is 2.06. The van der Waals surface area contributed by atoms with E-state index in [1.54, 1.807) is 12.3 Å². The zero-order valence-electron chi connectivity index (χ0n) is 9.80. The molecule has 2 aromatic heterocycles. The number of aromatic amines is 1. The molecule has 0 radical (unpaired) electrons. The molecule has 2 heterocycles. The third kappa shape index (κ3) is 2.08. The highest BCUT2D eigenvalue weighted by molar-refractivity contribution is 7.71. The predicted molar refractivity (Wildman–Crippen MR) is 72.1 cm³/mol. The van der Waals surface area contributed by atoms with Crippen molar-refractivity contribution in [1.82, 2.24) is 19.9 Å². The highest BCUT2D eigenvalue weighted by Gasteiger charge is 2.10. The Bertz CT molecular complexity index is 807. The number of hydrogen-bond donors (Lipinski definition) is 2.